The van der Waals surface area contributed by atoms with E-state index in [1.807, 2.05) is 38.1 Å². The maximum absolute atomic E-state index is 12.4. The standard InChI is InChI=1S/C20H17NO3S/c1-12-3-6-14(7-4-12)19(22)21-17-10-15(9-16(11-17)20(23)24)18-8-5-13(2)25-18/h3-11H,1-2H3,(H,21,22)(H,23,24). The number of nitrogens with one attached hydrogen (secondary N) is 1. The van der Waals surface area contributed by atoms with Crippen molar-refractivity contribution in [2.75, 3.05) is 5.32 Å². The predicted octanol–water partition coefficient (Wildman–Crippen LogP) is 4.98. The summed E-state index contributed by atoms with van der Waals surface area (Å²) < 4.78 is 0. The molecule has 2 aromatic carbocycles. The van der Waals surface area contributed by atoms with E-state index < -0.39 is 5.97 Å². The number of hydrogen-bond acceptors (Lipinski definition) is 3. The molecule has 0 radical (unpaired) electrons. The van der Waals surface area contributed by atoms with Crippen molar-refractivity contribution in [2.24, 2.45) is 0 Å². The Labute approximate surface area is 149 Å². The van der Waals surface area contributed by atoms with Gasteiger partial charge in [0.25, 0.3) is 5.91 Å². The fourth-order valence-corrected chi connectivity index (χ4v) is 3.32. The second kappa shape index (κ2) is 6.91. The second-order valence-corrected chi connectivity index (χ2v) is 7.12. The van der Waals surface area contributed by atoms with Crippen molar-refractivity contribution < 1.29 is 14.7 Å². The number of aryl methyl sites for hydroxylation is 2. The van der Waals surface area contributed by atoms with Crippen LogP contribution >= 0.6 is 11.3 Å². The van der Waals surface area contributed by atoms with Crippen LogP contribution in [0.3, 0.4) is 0 Å². The molecular formula is C20H17NO3S. The minimum absolute atomic E-state index is 0.141. The first-order chi connectivity index (χ1) is 11.9. The van der Waals surface area contributed by atoms with E-state index >= 15 is 0 Å². The zero-order valence-corrected chi connectivity index (χ0v) is 14.7. The lowest BCUT2D eigenvalue weighted by molar-refractivity contribution is 0.0696. The summed E-state index contributed by atoms with van der Waals surface area (Å²) in [6.45, 7) is 3.95. The maximum Gasteiger partial charge on any atom is 0.335 e. The van der Waals surface area contributed by atoms with Crippen LogP contribution in [0.4, 0.5) is 5.69 Å². The van der Waals surface area contributed by atoms with Gasteiger partial charge in [0.2, 0.25) is 0 Å². The van der Waals surface area contributed by atoms with Gasteiger partial charge in [-0.2, -0.15) is 0 Å². The fourth-order valence-electron chi connectivity index (χ4n) is 2.46. The highest BCUT2D eigenvalue weighted by atomic mass is 32.1. The average Bonchev–Trinajstić information content (AvgIpc) is 3.01. The van der Waals surface area contributed by atoms with Gasteiger partial charge in [-0.25, -0.2) is 4.79 Å². The van der Waals surface area contributed by atoms with E-state index in [1.54, 1.807) is 35.6 Å². The highest BCUT2D eigenvalue weighted by Gasteiger charge is 2.12. The van der Waals surface area contributed by atoms with Crippen LogP contribution in [-0.2, 0) is 0 Å². The maximum atomic E-state index is 12.4. The predicted molar refractivity (Wildman–Crippen MR) is 101 cm³/mol. The van der Waals surface area contributed by atoms with Crippen LogP contribution in [0.15, 0.2) is 54.6 Å². The summed E-state index contributed by atoms with van der Waals surface area (Å²) in [6, 6.07) is 16.0. The van der Waals surface area contributed by atoms with Crippen LogP contribution < -0.4 is 5.32 Å². The zero-order chi connectivity index (χ0) is 18.0. The van der Waals surface area contributed by atoms with Crippen LogP contribution in [0.2, 0.25) is 0 Å². The van der Waals surface area contributed by atoms with Crippen molar-refractivity contribution >= 4 is 28.9 Å². The molecule has 25 heavy (non-hydrogen) atoms. The molecular weight excluding hydrogens is 334 g/mol. The number of hydrogen-bond donors (Lipinski definition) is 2. The van der Waals surface area contributed by atoms with E-state index in [2.05, 4.69) is 5.32 Å². The Hall–Kier alpha value is -2.92. The van der Waals surface area contributed by atoms with Gasteiger partial charge in [-0.3, -0.25) is 4.79 Å². The number of carboxylic acids is 1. The number of amides is 1. The summed E-state index contributed by atoms with van der Waals surface area (Å²) in [4.78, 5) is 25.9. The first-order valence-corrected chi connectivity index (χ1v) is 8.57. The van der Waals surface area contributed by atoms with Crippen molar-refractivity contribution in [3.05, 3.63) is 76.2 Å². The number of aromatic carboxylic acids is 1. The van der Waals surface area contributed by atoms with E-state index in [0.717, 1.165) is 20.9 Å². The molecule has 1 amide bonds. The van der Waals surface area contributed by atoms with E-state index in [1.165, 1.54) is 6.07 Å². The molecule has 0 aliphatic carbocycles. The van der Waals surface area contributed by atoms with Crippen molar-refractivity contribution in [3.63, 3.8) is 0 Å². The zero-order valence-electron chi connectivity index (χ0n) is 13.9. The second-order valence-electron chi connectivity index (χ2n) is 5.83. The minimum Gasteiger partial charge on any atom is -0.478 e. The topological polar surface area (TPSA) is 66.4 Å². The molecule has 5 heteroatoms. The molecule has 3 rings (SSSR count). The van der Waals surface area contributed by atoms with E-state index in [0.29, 0.717) is 11.3 Å². The third-order valence-electron chi connectivity index (χ3n) is 3.78. The quantitative estimate of drug-likeness (QED) is 0.696. The van der Waals surface area contributed by atoms with Gasteiger partial charge in [0.05, 0.1) is 5.56 Å². The summed E-state index contributed by atoms with van der Waals surface area (Å²) in [7, 11) is 0. The molecule has 2 N–H and O–H groups in total. The lowest BCUT2D eigenvalue weighted by atomic mass is 10.1. The third kappa shape index (κ3) is 3.95. The smallest absolute Gasteiger partial charge is 0.335 e. The summed E-state index contributed by atoms with van der Waals surface area (Å²) in [5, 5.41) is 12.2. The molecule has 1 heterocycles. The molecule has 0 aliphatic rings. The molecule has 0 unspecified atom stereocenters. The Morgan fingerprint density at radius 1 is 0.920 bits per heavy atom. The first-order valence-electron chi connectivity index (χ1n) is 7.75. The Morgan fingerprint density at radius 3 is 2.24 bits per heavy atom. The van der Waals surface area contributed by atoms with Gasteiger partial charge < -0.3 is 10.4 Å². The molecule has 1 aromatic heterocycles. The van der Waals surface area contributed by atoms with Gasteiger partial charge in [0, 0.05) is 21.0 Å². The number of carboxylic acid groups (broad SMARTS) is 1. The van der Waals surface area contributed by atoms with Crippen LogP contribution in [0.1, 0.15) is 31.2 Å². The van der Waals surface area contributed by atoms with Crippen molar-refractivity contribution in [1.82, 2.24) is 0 Å². The van der Waals surface area contributed by atoms with Crippen LogP contribution in [-0.4, -0.2) is 17.0 Å². The lowest BCUT2D eigenvalue weighted by Crippen LogP contribution is -2.12. The van der Waals surface area contributed by atoms with Crippen molar-refractivity contribution in [2.45, 2.75) is 13.8 Å². The third-order valence-corrected chi connectivity index (χ3v) is 4.83. The lowest BCUT2D eigenvalue weighted by Gasteiger charge is -2.09. The molecule has 0 spiro atoms. The van der Waals surface area contributed by atoms with Gasteiger partial charge in [-0.15, -0.1) is 11.3 Å². The number of anilines is 1. The highest BCUT2D eigenvalue weighted by Crippen LogP contribution is 2.31. The summed E-state index contributed by atoms with van der Waals surface area (Å²) >= 11 is 1.58. The molecule has 3 aromatic rings. The Bertz CT molecular complexity index is 942. The largest absolute Gasteiger partial charge is 0.478 e. The van der Waals surface area contributed by atoms with E-state index in [-0.39, 0.29) is 11.5 Å². The van der Waals surface area contributed by atoms with Crippen molar-refractivity contribution in [3.8, 4) is 10.4 Å². The SMILES string of the molecule is Cc1ccc(C(=O)Nc2cc(C(=O)O)cc(-c3ccc(C)s3)c2)cc1. The summed E-state index contributed by atoms with van der Waals surface area (Å²) in [6.07, 6.45) is 0. The monoisotopic (exact) mass is 351 g/mol. The molecule has 0 fully saturated rings. The van der Waals surface area contributed by atoms with E-state index in [9.17, 15) is 14.7 Å². The van der Waals surface area contributed by atoms with Gasteiger partial charge >= 0.3 is 5.97 Å². The molecule has 126 valence electrons. The first kappa shape index (κ1) is 16.9. The molecule has 0 atom stereocenters. The normalized spacial score (nSPS) is 10.5. The molecule has 0 saturated heterocycles. The minimum atomic E-state index is -1.03. The summed E-state index contributed by atoms with van der Waals surface area (Å²) in [5.41, 5.74) is 2.98. The molecule has 0 aliphatic heterocycles. The van der Waals surface area contributed by atoms with Crippen molar-refractivity contribution in [1.29, 1.82) is 0 Å². The Morgan fingerprint density at radius 2 is 1.64 bits per heavy atom. The number of carbonyl (C=O) groups is 2. The number of rotatable bonds is 4. The fraction of sp³-hybridized carbons (Fsp3) is 0.100. The Kier molecular flexibility index (Phi) is 4.67. The number of carbonyl (C=O) groups excluding carboxylic acids is 1. The molecule has 0 bridgehead atoms. The Balaban J connectivity index is 1.94. The molecule has 4 nitrogen and oxygen atoms in total. The summed E-state index contributed by atoms with van der Waals surface area (Å²) in [5.74, 6) is -1.29. The van der Waals surface area contributed by atoms with Crippen LogP contribution in [0, 0.1) is 13.8 Å². The van der Waals surface area contributed by atoms with Crippen LogP contribution in [0.25, 0.3) is 10.4 Å². The van der Waals surface area contributed by atoms with Gasteiger partial charge in [0.1, 0.15) is 0 Å². The number of benzene rings is 2. The van der Waals surface area contributed by atoms with Gasteiger partial charge in [0.15, 0.2) is 0 Å². The van der Waals surface area contributed by atoms with Crippen LogP contribution in [0.5, 0.6) is 0 Å². The average molecular weight is 351 g/mol. The van der Waals surface area contributed by atoms with E-state index in [4.69, 9.17) is 0 Å². The molecule has 0 saturated carbocycles. The number of thiophene rings is 1. The highest BCUT2D eigenvalue weighted by molar-refractivity contribution is 7.15. The van der Waals surface area contributed by atoms with Gasteiger partial charge in [-0.05, 0) is 61.9 Å². The van der Waals surface area contributed by atoms with Gasteiger partial charge in [-0.1, -0.05) is 17.7 Å².